The number of ketones is 1. The lowest BCUT2D eigenvalue weighted by Gasteiger charge is -2.20. The maximum Gasteiger partial charge on any atom is 0.293 e. The number of carbonyl (C=O) groups excluding carboxylic acids is 1. The van der Waals surface area contributed by atoms with Gasteiger partial charge < -0.3 is 9.88 Å². The van der Waals surface area contributed by atoms with Gasteiger partial charge in [0.1, 0.15) is 23.4 Å². The Balaban J connectivity index is 1.74. The summed E-state index contributed by atoms with van der Waals surface area (Å²) in [5.74, 6) is -0.100. The first-order valence-electron chi connectivity index (χ1n) is 9.81. The summed E-state index contributed by atoms with van der Waals surface area (Å²) in [6.45, 7) is 0. The van der Waals surface area contributed by atoms with Crippen molar-refractivity contribution >= 4 is 17.2 Å². The van der Waals surface area contributed by atoms with Crippen molar-refractivity contribution < 1.29 is 14.1 Å². The summed E-state index contributed by atoms with van der Waals surface area (Å²) in [7, 11) is 1.80. The number of benzene rings is 3. The Labute approximate surface area is 183 Å². The summed E-state index contributed by atoms with van der Waals surface area (Å²) in [6.07, 6.45) is 3.37. The van der Waals surface area contributed by atoms with Crippen molar-refractivity contribution in [1.29, 1.82) is 0 Å². The Bertz CT molecular complexity index is 1270. The van der Waals surface area contributed by atoms with Crippen LogP contribution in [0.2, 0.25) is 0 Å². The average Bonchev–Trinajstić information content (AvgIpc) is 3.23. The van der Waals surface area contributed by atoms with Crippen LogP contribution in [0.15, 0.2) is 85.2 Å². The number of imidazole rings is 1. The zero-order valence-electron chi connectivity index (χ0n) is 17.1. The molecule has 8 heteroatoms. The molecule has 0 saturated heterocycles. The predicted molar refractivity (Wildman–Crippen MR) is 118 cm³/mol. The van der Waals surface area contributed by atoms with E-state index in [1.165, 1.54) is 24.3 Å². The molecule has 4 rings (SSSR count). The Morgan fingerprint density at radius 2 is 1.78 bits per heavy atom. The third kappa shape index (κ3) is 4.24. The van der Waals surface area contributed by atoms with Crippen LogP contribution < -0.4 is 5.32 Å². The zero-order chi connectivity index (χ0) is 22.7. The molecule has 1 N–H and O–H groups in total. The van der Waals surface area contributed by atoms with Gasteiger partial charge in [0.15, 0.2) is 5.78 Å². The monoisotopic (exact) mass is 430 g/mol. The highest BCUT2D eigenvalue weighted by Crippen LogP contribution is 2.32. The highest BCUT2D eigenvalue weighted by atomic mass is 19.1. The Morgan fingerprint density at radius 1 is 1.06 bits per heavy atom. The van der Waals surface area contributed by atoms with E-state index in [1.807, 2.05) is 0 Å². The molecule has 1 heterocycles. The molecule has 0 bridgehead atoms. The number of rotatable bonds is 7. The molecule has 0 amide bonds. The minimum absolute atomic E-state index is 0.212. The van der Waals surface area contributed by atoms with Crippen molar-refractivity contribution in [3.8, 4) is 0 Å². The van der Waals surface area contributed by atoms with Crippen LogP contribution in [0.1, 0.15) is 33.4 Å². The summed E-state index contributed by atoms with van der Waals surface area (Å²) in [5, 5.41) is 15.0. The second-order valence-electron chi connectivity index (χ2n) is 7.21. The fraction of sp³-hybridized carbons (Fsp3) is 0.0833. The number of aromatic nitrogens is 2. The number of aryl methyl sites for hydroxylation is 1. The molecule has 0 aliphatic carbocycles. The molecule has 1 atom stereocenters. The van der Waals surface area contributed by atoms with Gasteiger partial charge in [-0.1, -0.05) is 42.5 Å². The van der Waals surface area contributed by atoms with Crippen molar-refractivity contribution in [2.45, 2.75) is 6.04 Å². The van der Waals surface area contributed by atoms with Crippen LogP contribution in [-0.4, -0.2) is 20.3 Å². The Morgan fingerprint density at radius 3 is 2.41 bits per heavy atom. The SMILES string of the molecule is Cn1ccnc1C(Nc1ccc(C(=O)c2ccccc2)cc1[N+](=O)[O-])c1ccc(F)cc1. The molecule has 160 valence electrons. The van der Waals surface area contributed by atoms with E-state index in [2.05, 4.69) is 10.3 Å². The highest BCUT2D eigenvalue weighted by Gasteiger charge is 2.24. The van der Waals surface area contributed by atoms with Crippen LogP contribution in [0.4, 0.5) is 15.8 Å². The van der Waals surface area contributed by atoms with Crippen LogP contribution in [0, 0.1) is 15.9 Å². The van der Waals surface area contributed by atoms with E-state index in [9.17, 15) is 19.3 Å². The number of anilines is 1. The van der Waals surface area contributed by atoms with Gasteiger partial charge in [-0.05, 0) is 29.8 Å². The van der Waals surface area contributed by atoms with Crippen molar-refractivity contribution in [1.82, 2.24) is 9.55 Å². The topological polar surface area (TPSA) is 90.1 Å². The maximum absolute atomic E-state index is 13.5. The fourth-order valence-corrected chi connectivity index (χ4v) is 3.47. The van der Waals surface area contributed by atoms with Crippen molar-refractivity contribution in [3.63, 3.8) is 0 Å². The molecular weight excluding hydrogens is 411 g/mol. The smallest absolute Gasteiger partial charge is 0.293 e. The Kier molecular flexibility index (Phi) is 5.76. The molecule has 0 spiro atoms. The third-order valence-corrected chi connectivity index (χ3v) is 5.11. The van der Waals surface area contributed by atoms with E-state index < -0.39 is 11.0 Å². The molecule has 7 nitrogen and oxygen atoms in total. The van der Waals surface area contributed by atoms with Gasteiger partial charge >= 0.3 is 0 Å². The molecule has 0 aliphatic rings. The second-order valence-corrected chi connectivity index (χ2v) is 7.21. The summed E-state index contributed by atoms with van der Waals surface area (Å²) in [6, 6.07) is 18.2. The molecule has 0 saturated carbocycles. The normalized spacial score (nSPS) is 11.7. The van der Waals surface area contributed by atoms with Crippen molar-refractivity contribution in [2.24, 2.45) is 7.05 Å². The highest BCUT2D eigenvalue weighted by molar-refractivity contribution is 6.09. The first kappa shape index (κ1) is 20.9. The standard InChI is InChI=1S/C24H19FN4O3/c1-28-14-13-26-24(28)22(16-7-10-19(25)11-8-16)27-20-12-9-18(15-21(20)29(31)32)23(30)17-5-3-2-4-6-17/h2-15,22,27H,1H3. The van der Waals surface area contributed by atoms with Crippen molar-refractivity contribution in [2.75, 3.05) is 5.32 Å². The number of halogens is 1. The molecule has 4 aromatic rings. The van der Waals surface area contributed by atoms with Gasteiger partial charge in [0.05, 0.1) is 4.92 Å². The molecule has 1 aromatic heterocycles. The molecule has 0 aliphatic heterocycles. The third-order valence-electron chi connectivity index (χ3n) is 5.11. The first-order valence-corrected chi connectivity index (χ1v) is 9.81. The molecule has 3 aromatic carbocycles. The van der Waals surface area contributed by atoms with E-state index >= 15 is 0 Å². The van der Waals surface area contributed by atoms with Crippen LogP contribution in [-0.2, 0) is 7.05 Å². The van der Waals surface area contributed by atoms with Gasteiger partial charge in [-0.25, -0.2) is 9.37 Å². The van der Waals surface area contributed by atoms with Gasteiger partial charge in [0.2, 0.25) is 0 Å². The first-order chi connectivity index (χ1) is 15.4. The van der Waals surface area contributed by atoms with E-state index in [-0.39, 0.29) is 28.5 Å². The molecular formula is C24H19FN4O3. The van der Waals surface area contributed by atoms with Gasteiger partial charge in [-0.15, -0.1) is 0 Å². The molecule has 0 fully saturated rings. The lowest BCUT2D eigenvalue weighted by atomic mass is 10.0. The maximum atomic E-state index is 13.5. The summed E-state index contributed by atoms with van der Waals surface area (Å²) in [4.78, 5) is 28.4. The number of nitro groups is 1. The Hall–Kier alpha value is -4.33. The quantitative estimate of drug-likeness (QED) is 0.256. The number of nitrogens with zero attached hydrogens (tertiary/aromatic N) is 3. The number of nitro benzene ring substituents is 1. The van der Waals surface area contributed by atoms with Gasteiger partial charge in [-0.3, -0.25) is 14.9 Å². The summed E-state index contributed by atoms with van der Waals surface area (Å²) >= 11 is 0. The molecule has 1 unspecified atom stereocenters. The van der Waals surface area contributed by atoms with E-state index in [0.29, 0.717) is 17.0 Å². The van der Waals surface area contributed by atoms with Crippen LogP contribution in [0.25, 0.3) is 0 Å². The van der Waals surface area contributed by atoms with Crippen molar-refractivity contribution in [3.05, 3.63) is 124 Å². The lowest BCUT2D eigenvalue weighted by molar-refractivity contribution is -0.384. The van der Waals surface area contributed by atoms with E-state index in [0.717, 1.165) is 0 Å². The van der Waals surface area contributed by atoms with E-state index in [1.54, 1.807) is 72.5 Å². The lowest BCUT2D eigenvalue weighted by Crippen LogP contribution is -2.17. The number of carbonyl (C=O) groups is 1. The summed E-state index contributed by atoms with van der Waals surface area (Å²) in [5.41, 5.74) is 1.31. The fourth-order valence-electron chi connectivity index (χ4n) is 3.47. The molecule has 32 heavy (non-hydrogen) atoms. The minimum Gasteiger partial charge on any atom is -0.366 e. The van der Waals surface area contributed by atoms with Crippen LogP contribution in [0.3, 0.4) is 0 Å². The van der Waals surface area contributed by atoms with Gasteiger partial charge in [0, 0.05) is 36.6 Å². The number of hydrogen-bond acceptors (Lipinski definition) is 5. The largest absolute Gasteiger partial charge is 0.366 e. The average molecular weight is 430 g/mol. The van der Waals surface area contributed by atoms with Crippen LogP contribution in [0.5, 0.6) is 0 Å². The molecule has 0 radical (unpaired) electrons. The number of nitrogens with one attached hydrogen (secondary N) is 1. The van der Waals surface area contributed by atoms with Crippen LogP contribution >= 0.6 is 0 Å². The van der Waals surface area contributed by atoms with Gasteiger partial charge in [-0.2, -0.15) is 0 Å². The van der Waals surface area contributed by atoms with E-state index in [4.69, 9.17) is 0 Å². The second kappa shape index (κ2) is 8.81. The number of hydrogen-bond donors (Lipinski definition) is 1. The zero-order valence-corrected chi connectivity index (χ0v) is 17.1. The van der Waals surface area contributed by atoms with Gasteiger partial charge in [0.25, 0.3) is 5.69 Å². The minimum atomic E-state index is -0.579. The summed E-state index contributed by atoms with van der Waals surface area (Å²) < 4.78 is 15.2. The predicted octanol–water partition coefficient (Wildman–Crippen LogP) is 4.90.